The van der Waals surface area contributed by atoms with Gasteiger partial charge in [-0.15, -0.1) is 23.3 Å². The van der Waals surface area contributed by atoms with E-state index in [9.17, 15) is 4.39 Å². The number of anilines is 2. The molecule has 8 nitrogen and oxygen atoms in total. The van der Waals surface area contributed by atoms with Gasteiger partial charge in [-0.05, 0) is 53.8 Å². The first kappa shape index (κ1) is 24.3. The second-order valence-electron chi connectivity index (χ2n) is 8.29. The standard InChI is InChI=1S/C19H24FIN7OP.H2S2/c20-19(3-4-19)10-25-15-5-16(17-14(22)9-28(26-17)30-21)24-6-13(15)18(23)27-7-12(8-27)29-11-1-2-11;1-2/h5-6,9,11-12,23,30H,1-4,7-8,10,22H2,(H,24,25);1-2H. The van der Waals surface area contributed by atoms with Crippen molar-refractivity contribution in [2.24, 2.45) is 0 Å². The monoisotopic (exact) mass is 609 g/mol. The van der Waals surface area contributed by atoms with Gasteiger partial charge in [-0.2, -0.15) is 5.10 Å². The molecule has 13 heteroatoms. The number of hydrogen-bond donors (Lipinski definition) is 5. The van der Waals surface area contributed by atoms with Gasteiger partial charge in [-0.1, -0.05) is 0 Å². The highest BCUT2D eigenvalue weighted by Gasteiger charge is 2.43. The minimum Gasteiger partial charge on any atom is -0.396 e. The molecule has 0 spiro atoms. The first-order valence-electron chi connectivity index (χ1n) is 10.3. The molecule has 1 atom stereocenters. The highest BCUT2D eigenvalue weighted by molar-refractivity contribution is 14.2. The average molecular weight is 609 g/mol. The van der Waals surface area contributed by atoms with E-state index in [-0.39, 0.29) is 12.6 Å². The van der Waals surface area contributed by atoms with Crippen molar-refractivity contribution in [2.75, 3.05) is 30.7 Å². The molecule has 3 aliphatic rings. The van der Waals surface area contributed by atoms with Crippen molar-refractivity contribution in [2.45, 2.75) is 43.6 Å². The number of alkyl halides is 1. The predicted molar refractivity (Wildman–Crippen MR) is 143 cm³/mol. The van der Waals surface area contributed by atoms with Crippen molar-refractivity contribution in [3.63, 3.8) is 0 Å². The van der Waals surface area contributed by atoms with Crippen molar-refractivity contribution >= 4 is 68.9 Å². The first-order valence-corrected chi connectivity index (χ1v) is 15.9. The Morgan fingerprint density at radius 2 is 2.09 bits per heavy atom. The van der Waals surface area contributed by atoms with Crippen LogP contribution in [0.5, 0.6) is 0 Å². The van der Waals surface area contributed by atoms with Gasteiger partial charge >= 0.3 is 0 Å². The van der Waals surface area contributed by atoms with Crippen molar-refractivity contribution in [3.8, 4) is 11.4 Å². The number of hydrogen-bond acceptors (Lipinski definition) is 8. The van der Waals surface area contributed by atoms with Crippen LogP contribution in [-0.2, 0) is 4.74 Å². The Morgan fingerprint density at radius 1 is 1.38 bits per heavy atom. The van der Waals surface area contributed by atoms with E-state index in [0.29, 0.717) is 72.6 Å². The third kappa shape index (κ3) is 5.63. The summed E-state index contributed by atoms with van der Waals surface area (Å²) >= 11 is 8.68. The van der Waals surface area contributed by atoms with Crippen molar-refractivity contribution in [3.05, 3.63) is 24.0 Å². The van der Waals surface area contributed by atoms with Gasteiger partial charge in [0.1, 0.15) is 17.2 Å². The van der Waals surface area contributed by atoms with E-state index >= 15 is 0 Å². The normalized spacial score (nSPS) is 19.4. The Balaban J connectivity index is 0.00000119. The molecular weight excluding hydrogens is 583 g/mol. The molecule has 0 radical (unpaired) electrons. The fraction of sp³-hybridized carbons (Fsp3) is 0.526. The lowest BCUT2D eigenvalue weighted by Gasteiger charge is -2.41. The van der Waals surface area contributed by atoms with E-state index in [2.05, 4.69) is 60.8 Å². The third-order valence-electron chi connectivity index (χ3n) is 5.69. The number of thiol groups is 2. The lowest BCUT2D eigenvalue weighted by molar-refractivity contribution is -0.0351. The predicted octanol–water partition coefficient (Wildman–Crippen LogP) is 4.18. The molecule has 1 aliphatic heterocycles. The van der Waals surface area contributed by atoms with Crippen LogP contribution in [0.2, 0.25) is 0 Å². The number of nitrogens with one attached hydrogen (secondary N) is 2. The first-order chi connectivity index (χ1) is 15.4. The fourth-order valence-electron chi connectivity index (χ4n) is 3.47. The zero-order valence-electron chi connectivity index (χ0n) is 17.3. The zero-order valence-corrected chi connectivity index (χ0v) is 22.2. The molecule has 174 valence electrons. The van der Waals surface area contributed by atoms with E-state index in [1.165, 1.54) is 0 Å². The van der Waals surface area contributed by atoms with Gasteiger partial charge in [0.15, 0.2) is 0 Å². The molecule has 1 unspecified atom stereocenters. The van der Waals surface area contributed by atoms with E-state index in [1.54, 1.807) is 16.8 Å². The molecule has 0 bridgehead atoms. The van der Waals surface area contributed by atoms with Gasteiger partial charge in [0.05, 0.1) is 41.7 Å². The lowest BCUT2D eigenvalue weighted by Crippen LogP contribution is -2.55. The molecule has 1 saturated heterocycles. The number of likely N-dealkylation sites (tertiary alicyclic amines) is 1. The molecule has 3 fully saturated rings. The van der Waals surface area contributed by atoms with E-state index < -0.39 is 5.67 Å². The summed E-state index contributed by atoms with van der Waals surface area (Å²) in [6.07, 6.45) is 7.94. The van der Waals surface area contributed by atoms with Gasteiger partial charge in [-0.25, -0.2) is 8.84 Å². The van der Waals surface area contributed by atoms with E-state index in [4.69, 9.17) is 15.9 Å². The summed E-state index contributed by atoms with van der Waals surface area (Å²) in [4.78, 5) is 6.50. The van der Waals surface area contributed by atoms with Crippen LogP contribution in [0.3, 0.4) is 0 Å². The van der Waals surface area contributed by atoms with Gasteiger partial charge in [0.2, 0.25) is 0 Å². The van der Waals surface area contributed by atoms with E-state index in [1.807, 2.05) is 11.0 Å². The van der Waals surface area contributed by atoms with Gasteiger partial charge in [0.25, 0.3) is 0 Å². The highest BCUT2D eigenvalue weighted by Crippen LogP contribution is 2.40. The summed E-state index contributed by atoms with van der Waals surface area (Å²) in [5, 5.41) is 16.4. The molecule has 3 heterocycles. The second kappa shape index (κ2) is 10.2. The van der Waals surface area contributed by atoms with Crippen LogP contribution in [0.1, 0.15) is 31.2 Å². The maximum absolute atomic E-state index is 14.3. The molecule has 2 saturated carbocycles. The smallest absolute Gasteiger partial charge is 0.134 e. The minimum atomic E-state index is -1.15. The van der Waals surface area contributed by atoms with Crippen LogP contribution < -0.4 is 11.1 Å². The SMILES string of the molecule is N=C(c1cnc(-c2nn(PI)cc2N)cc1NCC1(F)CC1)N1CC(OC2CC2)C1.SS. The van der Waals surface area contributed by atoms with Crippen molar-refractivity contribution < 1.29 is 9.13 Å². The minimum absolute atomic E-state index is 0.194. The number of aromatic nitrogens is 3. The van der Waals surface area contributed by atoms with Crippen LogP contribution in [0.25, 0.3) is 11.4 Å². The van der Waals surface area contributed by atoms with Gasteiger partial charge in [0, 0.05) is 31.5 Å². The molecule has 2 aliphatic carbocycles. The Kier molecular flexibility index (Phi) is 7.75. The number of ether oxygens (including phenoxy) is 1. The second-order valence-corrected chi connectivity index (χ2v) is 10.4. The fourth-order valence-corrected chi connectivity index (χ4v) is 4.54. The molecule has 0 amide bonds. The highest BCUT2D eigenvalue weighted by atomic mass is 127. The van der Waals surface area contributed by atoms with Gasteiger partial charge < -0.3 is 20.7 Å². The maximum atomic E-state index is 14.3. The summed E-state index contributed by atoms with van der Waals surface area (Å²) in [5.74, 6) is 0.378. The number of rotatable bonds is 8. The molecule has 5 rings (SSSR count). The van der Waals surface area contributed by atoms with Crippen molar-refractivity contribution in [1.29, 1.82) is 5.41 Å². The molecular formula is C19H26FIN7OPS2. The lowest BCUT2D eigenvalue weighted by atomic mass is 10.1. The topological polar surface area (TPSA) is 105 Å². The number of amidine groups is 1. The van der Waals surface area contributed by atoms with Crippen LogP contribution in [0.15, 0.2) is 18.5 Å². The van der Waals surface area contributed by atoms with Crippen LogP contribution >= 0.6 is 51.7 Å². The summed E-state index contributed by atoms with van der Waals surface area (Å²) in [5.41, 5.74) is 8.08. The third-order valence-corrected chi connectivity index (χ3v) is 7.58. The Hall–Kier alpha value is -0.820. The Labute approximate surface area is 211 Å². The number of nitrogen functional groups attached to an aromatic ring is 1. The quantitative estimate of drug-likeness (QED) is 0.0769. The summed E-state index contributed by atoms with van der Waals surface area (Å²) in [7, 11) is 0. The van der Waals surface area contributed by atoms with Gasteiger partial charge in [-0.3, -0.25) is 10.4 Å². The number of pyridine rings is 1. The molecule has 0 aromatic carbocycles. The number of nitrogens with zero attached hydrogens (tertiary/aromatic N) is 4. The Bertz CT molecular complexity index is 983. The van der Waals surface area contributed by atoms with Crippen LogP contribution in [-0.4, -0.2) is 62.8 Å². The summed E-state index contributed by atoms with van der Waals surface area (Å²) < 4.78 is 22.0. The largest absolute Gasteiger partial charge is 0.396 e. The van der Waals surface area contributed by atoms with Crippen LogP contribution in [0.4, 0.5) is 15.8 Å². The Morgan fingerprint density at radius 3 is 2.69 bits per heavy atom. The maximum Gasteiger partial charge on any atom is 0.134 e. The average Bonchev–Trinajstić information content (AvgIpc) is 3.70. The number of nitrogens with two attached hydrogens (primary N) is 1. The molecule has 32 heavy (non-hydrogen) atoms. The van der Waals surface area contributed by atoms with Crippen LogP contribution in [0, 0.1) is 5.41 Å². The zero-order chi connectivity index (χ0) is 22.9. The summed E-state index contributed by atoms with van der Waals surface area (Å²) in [6, 6.07) is 1.83. The number of halogens is 2. The molecule has 4 N–H and O–H groups in total. The summed E-state index contributed by atoms with van der Waals surface area (Å²) in [6.45, 7) is 1.64. The van der Waals surface area contributed by atoms with E-state index in [0.717, 1.165) is 12.8 Å². The molecule has 2 aromatic rings. The molecule has 2 aromatic heterocycles. The van der Waals surface area contributed by atoms with Crippen molar-refractivity contribution in [1.82, 2.24) is 19.4 Å².